The summed E-state index contributed by atoms with van der Waals surface area (Å²) in [6.45, 7) is 4.26. The van der Waals surface area contributed by atoms with Crippen molar-refractivity contribution in [1.82, 2.24) is 10.2 Å². The second-order valence-electron chi connectivity index (χ2n) is 6.29. The predicted molar refractivity (Wildman–Crippen MR) is 108 cm³/mol. The van der Waals surface area contributed by atoms with Crippen LogP contribution in [0.2, 0.25) is 0 Å². The molecule has 7 nitrogen and oxygen atoms in total. The summed E-state index contributed by atoms with van der Waals surface area (Å²) in [4.78, 5) is 37.2. The average Bonchev–Trinajstić information content (AvgIpc) is 2.67. The Morgan fingerprint density at radius 2 is 2.07 bits per heavy atom. The van der Waals surface area contributed by atoms with Crippen LogP contribution in [-0.2, 0) is 14.3 Å². The van der Waals surface area contributed by atoms with Crippen LogP contribution < -0.4 is 10.6 Å². The fourth-order valence-corrected chi connectivity index (χ4v) is 3.09. The van der Waals surface area contributed by atoms with Gasteiger partial charge in [0.05, 0.1) is 18.7 Å². The molecule has 2 rings (SSSR count). The summed E-state index contributed by atoms with van der Waals surface area (Å²) >= 11 is 11.1. The first-order chi connectivity index (χ1) is 13.3. The number of hydrogen-bond acceptors (Lipinski definition) is 4. The van der Waals surface area contributed by atoms with Crippen LogP contribution in [0.25, 0.3) is 0 Å². The molecule has 152 valence electrons. The molecule has 1 aromatic rings. The molecule has 1 aliphatic rings. The van der Waals surface area contributed by atoms with E-state index in [1.165, 1.54) is 7.11 Å². The number of allylic oxidation sites excluding steroid dienone is 1. The van der Waals surface area contributed by atoms with E-state index in [1.54, 1.807) is 36.1 Å². The van der Waals surface area contributed by atoms with Crippen molar-refractivity contribution in [3.8, 4) is 0 Å². The summed E-state index contributed by atoms with van der Waals surface area (Å²) in [6.07, 6.45) is 1.72. The number of nitrogens with zero attached hydrogens (tertiary/aromatic N) is 1. The summed E-state index contributed by atoms with van der Waals surface area (Å²) < 4.78 is 4.95. The van der Waals surface area contributed by atoms with Gasteiger partial charge in [0.25, 0.3) is 5.91 Å². The topological polar surface area (TPSA) is 87.7 Å². The molecule has 9 heteroatoms. The van der Waals surface area contributed by atoms with Crippen molar-refractivity contribution in [2.24, 2.45) is 0 Å². The Bertz CT molecular complexity index is 795. The van der Waals surface area contributed by atoms with E-state index < -0.39 is 22.8 Å². The van der Waals surface area contributed by atoms with Gasteiger partial charge in [0.1, 0.15) is 0 Å². The van der Waals surface area contributed by atoms with Crippen molar-refractivity contribution in [2.75, 3.05) is 19.0 Å². The van der Waals surface area contributed by atoms with Gasteiger partial charge in [-0.05, 0) is 31.0 Å². The number of alkyl halides is 2. The van der Waals surface area contributed by atoms with Gasteiger partial charge in [-0.25, -0.2) is 9.59 Å². The molecule has 0 spiro atoms. The number of hydrogen-bond donors (Lipinski definition) is 2. The molecule has 0 aromatic heterocycles. The standard InChI is InChI=1S/C19H23Cl2N3O4/c1-4-5-9-24-11(2)14(18(26)28-3)15(23-19(24)27)12-7-6-8-13(10-12)22-17(25)16(20)21/h6-8,10,15-16H,4-5,9H2,1-3H3,(H,22,25)(H,23,27). The molecule has 1 aromatic carbocycles. The van der Waals surface area contributed by atoms with Crippen LogP contribution >= 0.6 is 23.2 Å². The fourth-order valence-electron chi connectivity index (χ4n) is 2.98. The second-order valence-corrected chi connectivity index (χ2v) is 7.39. The van der Waals surface area contributed by atoms with Crippen molar-refractivity contribution >= 4 is 46.8 Å². The maximum atomic E-state index is 12.6. The van der Waals surface area contributed by atoms with E-state index in [2.05, 4.69) is 10.6 Å². The molecule has 0 radical (unpaired) electrons. The summed E-state index contributed by atoms with van der Waals surface area (Å²) in [6, 6.07) is 5.75. The Morgan fingerprint density at radius 1 is 1.36 bits per heavy atom. The molecule has 1 unspecified atom stereocenters. The number of ether oxygens (including phenoxy) is 1. The molecule has 0 bridgehead atoms. The van der Waals surface area contributed by atoms with Crippen LogP contribution in [0.5, 0.6) is 0 Å². The SMILES string of the molecule is CCCCN1C(=O)NC(c2cccc(NC(=O)C(Cl)Cl)c2)C(C(=O)OC)=C1C. The minimum absolute atomic E-state index is 0.292. The second kappa shape index (κ2) is 9.80. The summed E-state index contributed by atoms with van der Waals surface area (Å²) in [5.74, 6) is -1.10. The number of carbonyl (C=O) groups is 3. The van der Waals surface area contributed by atoms with E-state index in [0.29, 0.717) is 29.1 Å². The number of esters is 1. The normalized spacial score (nSPS) is 16.9. The summed E-state index contributed by atoms with van der Waals surface area (Å²) in [5.41, 5.74) is 1.94. The van der Waals surface area contributed by atoms with Crippen LogP contribution in [-0.4, -0.2) is 41.3 Å². The van der Waals surface area contributed by atoms with Gasteiger partial charge in [-0.3, -0.25) is 9.69 Å². The summed E-state index contributed by atoms with van der Waals surface area (Å²) in [5, 5.41) is 5.43. The predicted octanol–water partition coefficient (Wildman–Crippen LogP) is 3.74. The van der Waals surface area contributed by atoms with Gasteiger partial charge >= 0.3 is 12.0 Å². The molecule has 2 N–H and O–H groups in total. The number of methoxy groups -OCH3 is 1. The van der Waals surface area contributed by atoms with Crippen LogP contribution in [0.15, 0.2) is 35.5 Å². The highest BCUT2D eigenvalue weighted by molar-refractivity contribution is 6.54. The molecule has 3 amide bonds. The van der Waals surface area contributed by atoms with Gasteiger partial charge in [0.15, 0.2) is 4.84 Å². The highest BCUT2D eigenvalue weighted by atomic mass is 35.5. The first-order valence-electron chi connectivity index (χ1n) is 8.86. The van der Waals surface area contributed by atoms with E-state index in [9.17, 15) is 14.4 Å². The van der Waals surface area contributed by atoms with Gasteiger partial charge < -0.3 is 15.4 Å². The van der Waals surface area contributed by atoms with E-state index in [1.807, 2.05) is 6.92 Å². The maximum Gasteiger partial charge on any atom is 0.337 e. The van der Waals surface area contributed by atoms with Gasteiger partial charge in [-0.1, -0.05) is 48.7 Å². The molecular formula is C19H23Cl2N3O4. The average molecular weight is 428 g/mol. The third-order valence-corrected chi connectivity index (χ3v) is 4.82. The Morgan fingerprint density at radius 3 is 2.68 bits per heavy atom. The number of unbranched alkanes of at least 4 members (excludes halogenated alkanes) is 1. The van der Waals surface area contributed by atoms with Crippen molar-refractivity contribution in [1.29, 1.82) is 0 Å². The van der Waals surface area contributed by atoms with E-state index in [4.69, 9.17) is 27.9 Å². The molecular weight excluding hydrogens is 405 g/mol. The molecule has 0 fully saturated rings. The van der Waals surface area contributed by atoms with Crippen molar-refractivity contribution in [2.45, 2.75) is 37.6 Å². The first-order valence-corrected chi connectivity index (χ1v) is 9.73. The Labute approximate surface area is 174 Å². The molecule has 28 heavy (non-hydrogen) atoms. The van der Waals surface area contributed by atoms with Gasteiger partial charge in [0, 0.05) is 17.9 Å². The minimum Gasteiger partial charge on any atom is -0.466 e. The fraction of sp³-hybridized carbons (Fsp3) is 0.421. The zero-order chi connectivity index (χ0) is 20.8. The Kier molecular flexibility index (Phi) is 7.71. The van der Waals surface area contributed by atoms with E-state index >= 15 is 0 Å². The zero-order valence-corrected chi connectivity index (χ0v) is 17.4. The highest BCUT2D eigenvalue weighted by Gasteiger charge is 2.36. The quantitative estimate of drug-likeness (QED) is 0.512. The van der Waals surface area contributed by atoms with Gasteiger partial charge in [0.2, 0.25) is 0 Å². The van der Waals surface area contributed by atoms with Crippen molar-refractivity contribution < 1.29 is 19.1 Å². The lowest BCUT2D eigenvalue weighted by Crippen LogP contribution is -2.48. The van der Waals surface area contributed by atoms with E-state index in [-0.39, 0.29) is 6.03 Å². The molecule has 1 heterocycles. The number of urea groups is 1. The number of nitrogens with one attached hydrogen (secondary N) is 2. The lowest BCUT2D eigenvalue weighted by molar-refractivity contribution is -0.136. The third kappa shape index (κ3) is 4.97. The lowest BCUT2D eigenvalue weighted by Gasteiger charge is -2.35. The zero-order valence-electron chi connectivity index (χ0n) is 15.9. The molecule has 0 aliphatic carbocycles. The van der Waals surface area contributed by atoms with Gasteiger partial charge in [-0.2, -0.15) is 0 Å². The maximum absolute atomic E-state index is 12.6. The van der Waals surface area contributed by atoms with Crippen LogP contribution in [0, 0.1) is 0 Å². The van der Waals surface area contributed by atoms with Crippen LogP contribution in [0.3, 0.4) is 0 Å². The number of benzene rings is 1. The highest BCUT2D eigenvalue weighted by Crippen LogP contribution is 2.32. The number of halogens is 2. The minimum atomic E-state index is -1.21. The molecule has 0 saturated carbocycles. The van der Waals surface area contributed by atoms with Gasteiger partial charge in [-0.15, -0.1) is 0 Å². The lowest BCUT2D eigenvalue weighted by atomic mass is 9.94. The molecule has 0 saturated heterocycles. The Balaban J connectivity index is 2.43. The van der Waals surface area contributed by atoms with E-state index in [0.717, 1.165) is 12.8 Å². The number of amides is 3. The Hall–Kier alpha value is -2.25. The largest absolute Gasteiger partial charge is 0.466 e. The van der Waals surface area contributed by atoms with Crippen molar-refractivity contribution in [3.63, 3.8) is 0 Å². The monoisotopic (exact) mass is 427 g/mol. The smallest absolute Gasteiger partial charge is 0.337 e. The number of carbonyl (C=O) groups excluding carboxylic acids is 3. The summed E-state index contributed by atoms with van der Waals surface area (Å²) in [7, 11) is 1.30. The van der Waals surface area contributed by atoms with Crippen molar-refractivity contribution in [3.05, 3.63) is 41.1 Å². The van der Waals surface area contributed by atoms with Crippen LogP contribution in [0.4, 0.5) is 10.5 Å². The first kappa shape index (κ1) is 22.0. The number of anilines is 1. The number of rotatable bonds is 7. The third-order valence-electron chi connectivity index (χ3n) is 4.42. The molecule has 1 aliphatic heterocycles. The molecule has 1 atom stereocenters. The van der Waals surface area contributed by atoms with Crippen LogP contribution in [0.1, 0.15) is 38.3 Å².